The zero-order valence-corrected chi connectivity index (χ0v) is 12.0. The summed E-state index contributed by atoms with van der Waals surface area (Å²) in [5.74, 6) is 1.71. The first kappa shape index (κ1) is 14.4. The lowest BCUT2D eigenvalue weighted by molar-refractivity contribution is 0.296. The average molecular weight is 271 g/mol. The van der Waals surface area contributed by atoms with Gasteiger partial charge in [-0.05, 0) is 25.1 Å². The third kappa shape index (κ3) is 3.75. The van der Waals surface area contributed by atoms with E-state index >= 15 is 0 Å². The van der Waals surface area contributed by atoms with Crippen molar-refractivity contribution in [2.24, 2.45) is 5.73 Å². The molecule has 0 amide bonds. The van der Waals surface area contributed by atoms with Crippen molar-refractivity contribution in [1.82, 2.24) is 0 Å². The van der Waals surface area contributed by atoms with E-state index < -0.39 is 0 Å². The molecular formula is C17H21NO2. The molecule has 3 heteroatoms. The molecule has 1 atom stereocenters. The van der Waals surface area contributed by atoms with Crippen LogP contribution in [0, 0.1) is 6.92 Å². The minimum absolute atomic E-state index is 0.0865. The van der Waals surface area contributed by atoms with Crippen LogP contribution in [0.25, 0.3) is 0 Å². The molecule has 2 aromatic carbocycles. The van der Waals surface area contributed by atoms with E-state index in [0.29, 0.717) is 6.61 Å². The van der Waals surface area contributed by atoms with Crippen molar-refractivity contribution in [2.45, 2.75) is 19.4 Å². The van der Waals surface area contributed by atoms with E-state index in [0.717, 1.165) is 23.5 Å². The molecule has 0 bridgehead atoms. The van der Waals surface area contributed by atoms with Crippen LogP contribution in [0.5, 0.6) is 11.5 Å². The Morgan fingerprint density at radius 3 is 2.45 bits per heavy atom. The molecule has 0 spiro atoms. The van der Waals surface area contributed by atoms with E-state index in [-0.39, 0.29) is 6.04 Å². The van der Waals surface area contributed by atoms with Crippen LogP contribution in [0.15, 0.2) is 48.5 Å². The maximum atomic E-state index is 6.20. The van der Waals surface area contributed by atoms with Crippen LogP contribution >= 0.6 is 0 Å². The van der Waals surface area contributed by atoms with Gasteiger partial charge in [0.15, 0.2) is 0 Å². The van der Waals surface area contributed by atoms with E-state index in [2.05, 4.69) is 6.92 Å². The molecule has 1 unspecified atom stereocenters. The highest BCUT2D eigenvalue weighted by atomic mass is 16.5. The molecule has 0 aliphatic carbocycles. The Morgan fingerprint density at radius 1 is 1.05 bits per heavy atom. The lowest BCUT2D eigenvalue weighted by atomic mass is 10.0. The standard InChI is InChI=1S/C17H21NO2/c1-13-7-9-14(10-8-13)20-12-11-16(18)15-5-3-4-6-17(15)19-2/h3-10,16H,11-12,18H2,1-2H3. The second-order valence-corrected chi connectivity index (χ2v) is 4.80. The molecule has 2 rings (SSSR count). The minimum atomic E-state index is -0.0865. The number of hydrogen-bond donors (Lipinski definition) is 1. The van der Waals surface area contributed by atoms with Crippen LogP contribution in [0.2, 0.25) is 0 Å². The number of aryl methyl sites for hydroxylation is 1. The monoisotopic (exact) mass is 271 g/mol. The Hall–Kier alpha value is -2.00. The third-order valence-electron chi connectivity index (χ3n) is 3.26. The predicted molar refractivity (Wildman–Crippen MR) is 81.2 cm³/mol. The molecular weight excluding hydrogens is 250 g/mol. The number of rotatable bonds is 6. The van der Waals surface area contributed by atoms with Crippen LogP contribution in [-0.4, -0.2) is 13.7 Å². The number of ether oxygens (including phenoxy) is 2. The second-order valence-electron chi connectivity index (χ2n) is 4.80. The SMILES string of the molecule is COc1ccccc1C(N)CCOc1ccc(C)cc1. The van der Waals surface area contributed by atoms with Gasteiger partial charge in [-0.1, -0.05) is 35.9 Å². The summed E-state index contributed by atoms with van der Waals surface area (Å²) < 4.78 is 11.0. The molecule has 0 fully saturated rings. The molecule has 20 heavy (non-hydrogen) atoms. The smallest absolute Gasteiger partial charge is 0.123 e. The third-order valence-corrected chi connectivity index (χ3v) is 3.26. The summed E-state index contributed by atoms with van der Waals surface area (Å²) in [6.07, 6.45) is 0.744. The summed E-state index contributed by atoms with van der Waals surface area (Å²) >= 11 is 0. The maximum absolute atomic E-state index is 6.20. The lowest BCUT2D eigenvalue weighted by Crippen LogP contribution is -2.15. The molecule has 0 saturated heterocycles. The van der Waals surface area contributed by atoms with Crippen LogP contribution in [0.3, 0.4) is 0 Å². The second kappa shape index (κ2) is 6.96. The van der Waals surface area contributed by atoms with Gasteiger partial charge in [-0.15, -0.1) is 0 Å². The Bertz CT molecular complexity index is 537. The minimum Gasteiger partial charge on any atom is -0.496 e. The predicted octanol–water partition coefficient (Wildman–Crippen LogP) is 3.47. The quantitative estimate of drug-likeness (QED) is 0.875. The largest absolute Gasteiger partial charge is 0.496 e. The number of para-hydroxylation sites is 1. The first-order chi connectivity index (χ1) is 9.70. The van der Waals surface area contributed by atoms with Crippen LogP contribution in [0.1, 0.15) is 23.6 Å². The van der Waals surface area contributed by atoms with Gasteiger partial charge in [0.05, 0.1) is 13.7 Å². The molecule has 0 saturated carbocycles. The summed E-state index contributed by atoms with van der Waals surface area (Å²) in [4.78, 5) is 0. The van der Waals surface area contributed by atoms with Gasteiger partial charge in [0.2, 0.25) is 0 Å². The van der Waals surface area contributed by atoms with Crippen molar-refractivity contribution < 1.29 is 9.47 Å². The van der Waals surface area contributed by atoms with Crippen molar-refractivity contribution in [3.05, 3.63) is 59.7 Å². The summed E-state index contributed by atoms with van der Waals surface area (Å²) in [6.45, 7) is 2.64. The van der Waals surface area contributed by atoms with Crippen LogP contribution in [-0.2, 0) is 0 Å². The van der Waals surface area contributed by atoms with Gasteiger partial charge in [-0.2, -0.15) is 0 Å². The van der Waals surface area contributed by atoms with Gasteiger partial charge >= 0.3 is 0 Å². The highest BCUT2D eigenvalue weighted by Gasteiger charge is 2.11. The number of benzene rings is 2. The summed E-state index contributed by atoms with van der Waals surface area (Å²) in [7, 11) is 1.66. The molecule has 2 N–H and O–H groups in total. The Morgan fingerprint density at radius 2 is 1.75 bits per heavy atom. The molecule has 0 aliphatic heterocycles. The fraction of sp³-hybridized carbons (Fsp3) is 0.294. The van der Waals surface area contributed by atoms with Crippen molar-refractivity contribution in [3.63, 3.8) is 0 Å². The van der Waals surface area contributed by atoms with Crippen LogP contribution < -0.4 is 15.2 Å². The van der Waals surface area contributed by atoms with Gasteiger partial charge in [-0.25, -0.2) is 0 Å². The van der Waals surface area contributed by atoms with E-state index in [9.17, 15) is 0 Å². The lowest BCUT2D eigenvalue weighted by Gasteiger charge is -2.16. The Balaban J connectivity index is 1.89. The number of nitrogens with two attached hydrogens (primary N) is 1. The summed E-state index contributed by atoms with van der Waals surface area (Å²) in [5.41, 5.74) is 8.44. The first-order valence-corrected chi connectivity index (χ1v) is 6.78. The number of methoxy groups -OCH3 is 1. The first-order valence-electron chi connectivity index (χ1n) is 6.78. The van der Waals surface area contributed by atoms with Gasteiger partial charge in [0.25, 0.3) is 0 Å². The van der Waals surface area contributed by atoms with Gasteiger partial charge in [-0.3, -0.25) is 0 Å². The van der Waals surface area contributed by atoms with E-state index in [1.54, 1.807) is 7.11 Å². The highest BCUT2D eigenvalue weighted by Crippen LogP contribution is 2.25. The summed E-state index contributed by atoms with van der Waals surface area (Å²) in [5, 5.41) is 0. The van der Waals surface area contributed by atoms with Gasteiger partial charge in [0, 0.05) is 18.0 Å². The zero-order valence-electron chi connectivity index (χ0n) is 12.0. The molecule has 0 aromatic heterocycles. The van der Waals surface area contributed by atoms with Crippen molar-refractivity contribution in [2.75, 3.05) is 13.7 Å². The molecule has 0 heterocycles. The van der Waals surface area contributed by atoms with E-state index in [1.165, 1.54) is 5.56 Å². The maximum Gasteiger partial charge on any atom is 0.123 e. The summed E-state index contributed by atoms with van der Waals surface area (Å²) in [6, 6.07) is 15.8. The Kier molecular flexibility index (Phi) is 5.02. The molecule has 106 valence electrons. The molecule has 3 nitrogen and oxygen atoms in total. The van der Waals surface area contributed by atoms with Gasteiger partial charge < -0.3 is 15.2 Å². The fourth-order valence-corrected chi connectivity index (χ4v) is 2.07. The van der Waals surface area contributed by atoms with Crippen molar-refractivity contribution >= 4 is 0 Å². The van der Waals surface area contributed by atoms with E-state index in [4.69, 9.17) is 15.2 Å². The highest BCUT2D eigenvalue weighted by molar-refractivity contribution is 5.35. The average Bonchev–Trinajstić information content (AvgIpc) is 2.49. The molecule has 0 radical (unpaired) electrons. The fourth-order valence-electron chi connectivity index (χ4n) is 2.07. The molecule has 2 aromatic rings. The topological polar surface area (TPSA) is 44.5 Å². The van der Waals surface area contributed by atoms with E-state index in [1.807, 2.05) is 48.5 Å². The van der Waals surface area contributed by atoms with Crippen molar-refractivity contribution in [1.29, 1.82) is 0 Å². The number of hydrogen-bond acceptors (Lipinski definition) is 3. The van der Waals surface area contributed by atoms with Crippen molar-refractivity contribution in [3.8, 4) is 11.5 Å². The van der Waals surface area contributed by atoms with Gasteiger partial charge in [0.1, 0.15) is 11.5 Å². The normalized spacial score (nSPS) is 11.9. The Labute approximate surface area is 120 Å². The molecule has 0 aliphatic rings. The van der Waals surface area contributed by atoms with Crippen LogP contribution in [0.4, 0.5) is 0 Å². The zero-order chi connectivity index (χ0) is 14.4.